The number of esters is 1. The molecule has 8 heteroatoms. The summed E-state index contributed by atoms with van der Waals surface area (Å²) >= 11 is 6.18. The van der Waals surface area contributed by atoms with Crippen LogP contribution in [0.25, 0.3) is 16.6 Å². The number of aliphatic hydroxyl groups is 1. The molecule has 0 saturated heterocycles. The van der Waals surface area contributed by atoms with E-state index in [4.69, 9.17) is 21.1 Å². The standard InChI is InChI=1S/C23H22ClN3O4/c1-13(2)15-9-17(24)14(3)8-21(15)30-12-22(29)31-11-20(28)16(10-25)23-26-18-6-4-5-7-19(18)27-23/h4-9,13,28H,11-12H2,1-3H3,(H,26,27)/b20-16+. The van der Waals surface area contributed by atoms with Gasteiger partial charge in [-0.1, -0.05) is 37.6 Å². The highest BCUT2D eigenvalue weighted by Crippen LogP contribution is 2.32. The molecule has 2 N–H and O–H groups in total. The van der Waals surface area contributed by atoms with E-state index < -0.39 is 18.3 Å². The van der Waals surface area contributed by atoms with Crippen LogP contribution in [0.2, 0.25) is 5.02 Å². The molecule has 0 amide bonds. The van der Waals surface area contributed by atoms with Crippen LogP contribution in [0.4, 0.5) is 0 Å². The van der Waals surface area contributed by atoms with Crippen LogP contribution >= 0.6 is 11.6 Å². The monoisotopic (exact) mass is 439 g/mol. The van der Waals surface area contributed by atoms with Crippen LogP contribution in [-0.2, 0) is 9.53 Å². The first-order chi connectivity index (χ1) is 14.8. The third-order valence-electron chi connectivity index (χ3n) is 4.66. The molecule has 0 saturated carbocycles. The Morgan fingerprint density at radius 1 is 1.29 bits per heavy atom. The molecule has 0 bridgehead atoms. The quantitative estimate of drug-likeness (QED) is 0.302. The maximum absolute atomic E-state index is 12.1. The number of imidazole rings is 1. The minimum atomic E-state index is -0.684. The number of aryl methyl sites for hydroxylation is 1. The topological polar surface area (TPSA) is 108 Å². The highest BCUT2D eigenvalue weighted by atomic mass is 35.5. The van der Waals surface area contributed by atoms with Crippen molar-refractivity contribution in [3.63, 3.8) is 0 Å². The smallest absolute Gasteiger partial charge is 0.344 e. The van der Waals surface area contributed by atoms with Gasteiger partial charge in [-0.2, -0.15) is 5.26 Å². The molecule has 2 aromatic carbocycles. The normalized spacial score (nSPS) is 11.9. The maximum Gasteiger partial charge on any atom is 0.344 e. The molecule has 3 rings (SSSR count). The Bertz CT molecular complexity index is 1160. The number of allylic oxidation sites excluding steroid dienone is 1. The second kappa shape index (κ2) is 9.54. The zero-order valence-electron chi connectivity index (χ0n) is 17.4. The van der Waals surface area contributed by atoms with Crippen molar-refractivity contribution in [3.8, 4) is 11.8 Å². The second-order valence-corrected chi connectivity index (χ2v) is 7.69. The van der Waals surface area contributed by atoms with Gasteiger partial charge in [-0.05, 0) is 48.2 Å². The Balaban J connectivity index is 1.66. The van der Waals surface area contributed by atoms with Gasteiger partial charge in [-0.25, -0.2) is 9.78 Å². The van der Waals surface area contributed by atoms with E-state index in [9.17, 15) is 15.2 Å². The number of hydrogen-bond acceptors (Lipinski definition) is 6. The largest absolute Gasteiger partial charge is 0.507 e. The third kappa shape index (κ3) is 5.16. The Morgan fingerprint density at radius 3 is 2.71 bits per heavy atom. The first kappa shape index (κ1) is 22.2. The van der Waals surface area contributed by atoms with Gasteiger partial charge in [0.15, 0.2) is 18.2 Å². The third-order valence-corrected chi connectivity index (χ3v) is 5.06. The summed E-state index contributed by atoms with van der Waals surface area (Å²) < 4.78 is 10.7. The van der Waals surface area contributed by atoms with Crippen molar-refractivity contribution in [1.29, 1.82) is 5.26 Å². The summed E-state index contributed by atoms with van der Waals surface area (Å²) in [6, 6.07) is 12.7. The molecular formula is C23H22ClN3O4. The van der Waals surface area contributed by atoms with Crippen LogP contribution in [0, 0.1) is 18.3 Å². The average Bonchev–Trinajstić information content (AvgIpc) is 3.16. The number of nitrogens with zero attached hydrogens (tertiary/aromatic N) is 2. The number of nitriles is 1. The van der Waals surface area contributed by atoms with Crippen molar-refractivity contribution in [1.82, 2.24) is 9.97 Å². The summed E-state index contributed by atoms with van der Waals surface area (Å²) in [5.41, 5.74) is 2.99. The van der Waals surface area contributed by atoms with Gasteiger partial charge in [-0.3, -0.25) is 0 Å². The Hall–Kier alpha value is -3.50. The summed E-state index contributed by atoms with van der Waals surface area (Å²) in [5.74, 6) is -0.186. The van der Waals surface area contributed by atoms with Gasteiger partial charge in [-0.15, -0.1) is 0 Å². The van der Waals surface area contributed by atoms with Crippen LogP contribution in [0.3, 0.4) is 0 Å². The van der Waals surface area contributed by atoms with Gasteiger partial charge in [0.1, 0.15) is 24.0 Å². The predicted octanol–water partition coefficient (Wildman–Crippen LogP) is 5.06. The molecule has 1 heterocycles. The van der Waals surface area contributed by atoms with Crippen molar-refractivity contribution in [2.24, 2.45) is 0 Å². The molecule has 3 aromatic rings. The number of carbonyl (C=O) groups excluding carboxylic acids is 1. The van der Waals surface area contributed by atoms with Crippen molar-refractivity contribution >= 4 is 34.2 Å². The number of H-pyrrole nitrogens is 1. The number of ether oxygens (including phenoxy) is 2. The molecular weight excluding hydrogens is 418 g/mol. The second-order valence-electron chi connectivity index (χ2n) is 7.28. The zero-order chi connectivity index (χ0) is 22.5. The number of rotatable bonds is 7. The van der Waals surface area contributed by atoms with Crippen molar-refractivity contribution in [2.75, 3.05) is 13.2 Å². The van der Waals surface area contributed by atoms with Crippen molar-refractivity contribution in [2.45, 2.75) is 26.7 Å². The highest BCUT2D eigenvalue weighted by molar-refractivity contribution is 6.31. The fourth-order valence-corrected chi connectivity index (χ4v) is 3.14. The fraction of sp³-hybridized carbons (Fsp3) is 0.261. The first-order valence-electron chi connectivity index (χ1n) is 9.66. The van der Waals surface area contributed by atoms with Crippen LogP contribution in [-0.4, -0.2) is 34.3 Å². The molecule has 0 radical (unpaired) electrons. The number of hydrogen-bond donors (Lipinski definition) is 2. The molecule has 0 unspecified atom stereocenters. The highest BCUT2D eigenvalue weighted by Gasteiger charge is 2.16. The van der Waals surface area contributed by atoms with Crippen molar-refractivity contribution < 1.29 is 19.4 Å². The minimum Gasteiger partial charge on any atom is -0.507 e. The number of aromatic amines is 1. The Kier molecular flexibility index (Phi) is 6.83. The molecule has 0 spiro atoms. The van der Waals surface area contributed by atoms with E-state index in [-0.39, 0.29) is 23.9 Å². The number of carbonyl (C=O) groups is 1. The lowest BCUT2D eigenvalue weighted by Crippen LogP contribution is -2.17. The molecule has 31 heavy (non-hydrogen) atoms. The van der Waals surface area contributed by atoms with Crippen LogP contribution in [0.15, 0.2) is 42.2 Å². The van der Waals surface area contributed by atoms with Crippen LogP contribution in [0.5, 0.6) is 5.75 Å². The zero-order valence-corrected chi connectivity index (χ0v) is 18.2. The molecule has 7 nitrogen and oxygen atoms in total. The van der Waals surface area contributed by atoms with E-state index in [1.165, 1.54) is 0 Å². The SMILES string of the molecule is Cc1cc(OCC(=O)OC/C(O)=C(/C#N)c2nc3ccccc3[nH]2)c(C(C)C)cc1Cl. The maximum atomic E-state index is 12.1. The van der Waals surface area contributed by atoms with Crippen molar-refractivity contribution in [3.05, 3.63) is 64.1 Å². The summed E-state index contributed by atoms with van der Waals surface area (Å²) in [4.78, 5) is 19.4. The van der Waals surface area contributed by atoms with E-state index in [0.717, 1.165) is 16.6 Å². The summed E-state index contributed by atoms with van der Waals surface area (Å²) in [6.45, 7) is 5.02. The van der Waals surface area contributed by atoms with Gasteiger partial charge in [0.2, 0.25) is 0 Å². The number of nitrogens with one attached hydrogen (secondary N) is 1. The number of aliphatic hydroxyl groups excluding tert-OH is 1. The number of aromatic nitrogens is 2. The lowest BCUT2D eigenvalue weighted by Gasteiger charge is -2.15. The van der Waals surface area contributed by atoms with Gasteiger partial charge in [0.25, 0.3) is 0 Å². The van der Waals surface area contributed by atoms with Gasteiger partial charge in [0.05, 0.1) is 11.0 Å². The van der Waals surface area contributed by atoms with E-state index in [2.05, 4.69) is 9.97 Å². The summed E-state index contributed by atoms with van der Waals surface area (Å²) in [5, 5.41) is 20.3. The van der Waals surface area contributed by atoms with E-state index in [1.54, 1.807) is 18.2 Å². The van der Waals surface area contributed by atoms with Gasteiger partial charge in [0, 0.05) is 5.02 Å². The molecule has 0 fully saturated rings. The van der Waals surface area contributed by atoms with E-state index in [0.29, 0.717) is 16.3 Å². The van der Waals surface area contributed by atoms with E-state index >= 15 is 0 Å². The fourth-order valence-electron chi connectivity index (χ4n) is 2.97. The molecule has 0 aliphatic rings. The number of halogens is 1. The number of para-hydroxylation sites is 2. The molecule has 1 aromatic heterocycles. The van der Waals surface area contributed by atoms with Gasteiger partial charge < -0.3 is 19.6 Å². The number of benzene rings is 2. The summed E-state index contributed by atoms with van der Waals surface area (Å²) in [7, 11) is 0. The van der Waals surface area contributed by atoms with Crippen LogP contribution < -0.4 is 4.74 Å². The minimum absolute atomic E-state index is 0.0969. The Labute approximate surface area is 184 Å². The Morgan fingerprint density at radius 2 is 2.03 bits per heavy atom. The summed E-state index contributed by atoms with van der Waals surface area (Å²) in [6.07, 6.45) is 0. The molecule has 0 aliphatic heterocycles. The van der Waals surface area contributed by atoms with Crippen LogP contribution in [0.1, 0.15) is 36.7 Å². The lowest BCUT2D eigenvalue weighted by molar-refractivity contribution is -0.145. The molecule has 160 valence electrons. The molecule has 0 aliphatic carbocycles. The lowest BCUT2D eigenvalue weighted by atomic mass is 10.0. The van der Waals surface area contributed by atoms with E-state index in [1.807, 2.05) is 45.0 Å². The average molecular weight is 440 g/mol. The predicted molar refractivity (Wildman–Crippen MR) is 118 cm³/mol. The molecule has 0 atom stereocenters. The first-order valence-corrected chi connectivity index (χ1v) is 10.0. The number of fused-ring (bicyclic) bond motifs is 1. The van der Waals surface area contributed by atoms with Gasteiger partial charge >= 0.3 is 5.97 Å².